The van der Waals surface area contributed by atoms with Crippen molar-refractivity contribution in [3.8, 4) is 6.19 Å². The smallest absolute Gasteiger partial charge is 0.321 e. The zero-order valence-corrected chi connectivity index (χ0v) is 9.29. The highest BCUT2D eigenvalue weighted by molar-refractivity contribution is 7.81. The molecular weight excluding hydrogens is 255 g/mol. The fourth-order valence-corrected chi connectivity index (χ4v) is 1.65. The molecule has 1 N–H and O–H groups in total. The Morgan fingerprint density at radius 2 is 2.18 bits per heavy atom. The van der Waals surface area contributed by atoms with Crippen LogP contribution in [0.15, 0.2) is 22.7 Å². The number of nitrogens with zero attached hydrogens (tertiary/aromatic N) is 3. The van der Waals surface area contributed by atoms with Crippen LogP contribution in [0.4, 0.5) is 13.2 Å². The van der Waals surface area contributed by atoms with Crippen LogP contribution in [0.2, 0.25) is 0 Å². The van der Waals surface area contributed by atoms with E-state index in [2.05, 4.69) is 9.35 Å². The van der Waals surface area contributed by atoms with Crippen LogP contribution in [0.3, 0.4) is 0 Å². The highest BCUT2D eigenvalue weighted by Gasteiger charge is 2.31. The van der Waals surface area contributed by atoms with E-state index in [4.69, 9.17) is 9.81 Å². The van der Waals surface area contributed by atoms with Gasteiger partial charge in [-0.25, -0.2) is 0 Å². The van der Waals surface area contributed by atoms with Gasteiger partial charge in [-0.05, 0) is 18.1 Å². The molecule has 1 atom stereocenters. The summed E-state index contributed by atoms with van der Waals surface area (Å²) < 4.78 is 48.9. The Labute approximate surface area is 98.0 Å². The molecule has 0 fully saturated rings. The zero-order valence-electron chi connectivity index (χ0n) is 8.48. The summed E-state index contributed by atoms with van der Waals surface area (Å²) in [6.07, 6.45) is -1.57. The lowest BCUT2D eigenvalue weighted by Crippen LogP contribution is -2.08. The van der Waals surface area contributed by atoms with E-state index < -0.39 is 22.8 Å². The van der Waals surface area contributed by atoms with Crippen LogP contribution in [0.1, 0.15) is 11.3 Å². The highest BCUT2D eigenvalue weighted by Crippen LogP contribution is 2.27. The summed E-state index contributed by atoms with van der Waals surface area (Å²) >= 11 is 0. The van der Waals surface area contributed by atoms with Gasteiger partial charge in [0, 0.05) is 22.9 Å². The molecule has 8 heteroatoms. The molecule has 1 aromatic rings. The van der Waals surface area contributed by atoms with Crippen molar-refractivity contribution in [2.24, 2.45) is 4.36 Å². The van der Waals surface area contributed by atoms with Crippen molar-refractivity contribution in [3.63, 3.8) is 0 Å². The lowest BCUT2D eigenvalue weighted by atomic mass is 10.2. The van der Waals surface area contributed by atoms with E-state index in [1.807, 2.05) is 0 Å². The number of nitriles is 1. The van der Waals surface area contributed by atoms with Gasteiger partial charge in [0.1, 0.15) is 5.69 Å². The standard InChI is InChI=1S/C9H8F3N3OS/c10-9(11,12)8-2-1-7(5-14-8)3-4-17(16)15-6-13/h1-2,5H,3-4H2,(H,15,16). The number of aryl methyl sites for hydroxylation is 1. The van der Waals surface area contributed by atoms with Crippen molar-refractivity contribution in [3.05, 3.63) is 29.6 Å². The second-order valence-corrected chi connectivity index (χ2v) is 4.31. The summed E-state index contributed by atoms with van der Waals surface area (Å²) in [6.45, 7) is 0. The maximum atomic E-state index is 12.2. The van der Waals surface area contributed by atoms with Gasteiger partial charge in [0.05, 0.1) is 0 Å². The molecule has 0 aliphatic carbocycles. The maximum absolute atomic E-state index is 12.2. The van der Waals surface area contributed by atoms with Crippen molar-refractivity contribution in [2.45, 2.75) is 12.6 Å². The molecule has 0 bridgehead atoms. The average Bonchev–Trinajstić information content (AvgIpc) is 2.26. The van der Waals surface area contributed by atoms with Crippen molar-refractivity contribution >= 4 is 11.0 Å². The van der Waals surface area contributed by atoms with Crippen LogP contribution < -0.4 is 0 Å². The fraction of sp³-hybridized carbons (Fsp3) is 0.333. The second kappa shape index (κ2) is 5.75. The Kier molecular flexibility index (Phi) is 4.60. The number of alkyl halides is 3. The van der Waals surface area contributed by atoms with Gasteiger partial charge in [-0.2, -0.15) is 18.4 Å². The molecular formula is C9H8F3N3OS. The molecule has 0 aliphatic rings. The molecule has 1 heterocycles. The van der Waals surface area contributed by atoms with E-state index in [9.17, 15) is 13.2 Å². The first kappa shape index (κ1) is 13.6. The number of hydrogen-bond donors (Lipinski definition) is 1. The minimum atomic E-state index is -4.45. The summed E-state index contributed by atoms with van der Waals surface area (Å²) in [5, 5.41) is 8.15. The van der Waals surface area contributed by atoms with Gasteiger partial charge in [-0.3, -0.25) is 4.98 Å². The summed E-state index contributed by atoms with van der Waals surface area (Å²) in [6, 6.07) is 2.17. The van der Waals surface area contributed by atoms with Gasteiger partial charge in [-0.1, -0.05) is 6.07 Å². The molecule has 0 amide bonds. The van der Waals surface area contributed by atoms with Gasteiger partial charge in [-0.15, -0.1) is 4.36 Å². The quantitative estimate of drug-likeness (QED) is 0.851. The summed E-state index contributed by atoms with van der Waals surface area (Å²) in [4.78, 5) is 3.27. The van der Waals surface area contributed by atoms with Crippen molar-refractivity contribution < 1.29 is 17.7 Å². The van der Waals surface area contributed by atoms with E-state index in [0.29, 0.717) is 12.0 Å². The molecule has 0 spiro atoms. The Morgan fingerprint density at radius 1 is 1.47 bits per heavy atom. The van der Waals surface area contributed by atoms with Gasteiger partial charge in [0.25, 0.3) is 0 Å². The van der Waals surface area contributed by atoms with E-state index in [1.54, 1.807) is 0 Å². The van der Waals surface area contributed by atoms with E-state index >= 15 is 0 Å². The van der Waals surface area contributed by atoms with Crippen LogP contribution in [0.25, 0.3) is 0 Å². The Bertz CT molecular complexity index is 450. The van der Waals surface area contributed by atoms with Crippen molar-refractivity contribution in [2.75, 3.05) is 5.75 Å². The van der Waals surface area contributed by atoms with Crippen molar-refractivity contribution in [1.82, 2.24) is 4.98 Å². The number of rotatable bonds is 3. The minimum absolute atomic E-state index is 0.195. The lowest BCUT2D eigenvalue weighted by molar-refractivity contribution is -0.141. The normalized spacial score (nSPS) is 13.4. The predicted molar refractivity (Wildman–Crippen MR) is 55.8 cm³/mol. The second-order valence-electron chi connectivity index (χ2n) is 3.03. The number of pyridine rings is 1. The fourth-order valence-electron chi connectivity index (χ4n) is 1.04. The van der Waals surface area contributed by atoms with Gasteiger partial charge in [0.15, 0.2) is 0 Å². The zero-order chi connectivity index (χ0) is 12.9. The van der Waals surface area contributed by atoms with Crippen LogP contribution in [-0.4, -0.2) is 15.3 Å². The van der Waals surface area contributed by atoms with Crippen LogP contribution >= 0.6 is 0 Å². The van der Waals surface area contributed by atoms with Crippen LogP contribution in [0.5, 0.6) is 0 Å². The molecule has 1 aromatic heterocycles. The molecule has 1 unspecified atom stereocenters. The van der Waals surface area contributed by atoms with Gasteiger partial charge >= 0.3 is 6.18 Å². The van der Waals surface area contributed by atoms with E-state index in [0.717, 1.165) is 12.3 Å². The molecule has 0 aliphatic heterocycles. The third-order valence-electron chi connectivity index (χ3n) is 1.83. The predicted octanol–water partition coefficient (Wildman–Crippen LogP) is 2.40. The number of hydrogen-bond acceptors (Lipinski definition) is 3. The largest absolute Gasteiger partial charge is 0.433 e. The maximum Gasteiger partial charge on any atom is 0.433 e. The van der Waals surface area contributed by atoms with Crippen LogP contribution in [0, 0.1) is 11.5 Å². The first-order valence-corrected chi connectivity index (χ1v) is 5.76. The Morgan fingerprint density at radius 3 is 2.65 bits per heavy atom. The third kappa shape index (κ3) is 4.50. The first-order chi connectivity index (χ1) is 7.93. The molecule has 0 saturated heterocycles. The molecule has 17 heavy (non-hydrogen) atoms. The first-order valence-electron chi connectivity index (χ1n) is 4.45. The van der Waals surface area contributed by atoms with E-state index in [1.165, 1.54) is 12.3 Å². The third-order valence-corrected chi connectivity index (χ3v) is 2.70. The minimum Gasteiger partial charge on any atom is -0.321 e. The summed E-state index contributed by atoms with van der Waals surface area (Å²) in [7, 11) is -1.38. The molecule has 92 valence electrons. The summed E-state index contributed by atoms with van der Waals surface area (Å²) in [5.41, 5.74) is -0.399. The number of halogens is 3. The SMILES string of the molecule is N#CN=S(O)CCc1ccc(C(F)(F)F)nc1. The number of aromatic nitrogens is 1. The molecule has 4 nitrogen and oxygen atoms in total. The Balaban J connectivity index is 2.64. The lowest BCUT2D eigenvalue weighted by Gasteiger charge is -2.06. The highest BCUT2D eigenvalue weighted by atomic mass is 32.2. The summed E-state index contributed by atoms with van der Waals surface area (Å²) in [5.74, 6) is 0.195. The Hall–Kier alpha value is -1.46. The molecule has 0 aromatic carbocycles. The molecule has 1 rings (SSSR count). The average molecular weight is 263 g/mol. The van der Waals surface area contributed by atoms with E-state index in [-0.39, 0.29) is 5.75 Å². The van der Waals surface area contributed by atoms with Crippen molar-refractivity contribution in [1.29, 1.82) is 5.26 Å². The van der Waals surface area contributed by atoms with Gasteiger partial charge in [0.2, 0.25) is 6.19 Å². The molecule has 0 radical (unpaired) electrons. The molecule has 0 saturated carbocycles. The van der Waals surface area contributed by atoms with Crippen LogP contribution in [-0.2, 0) is 23.6 Å². The topological polar surface area (TPSA) is 69.3 Å². The monoisotopic (exact) mass is 263 g/mol. The van der Waals surface area contributed by atoms with Gasteiger partial charge < -0.3 is 4.55 Å².